The van der Waals surface area contributed by atoms with Crippen LogP contribution in [0.4, 0.5) is 5.69 Å². The smallest absolute Gasteiger partial charge is 0.279 e. The minimum atomic E-state index is -2.32. The molecule has 5 atom stereocenters. The Labute approximate surface area is 211 Å². The standard InChI is InChI=1S/C26H19N5O6/c27-11-24(12-28)22(17-9-19-20(35-14-34-19)10-18(17)31(32)33)36-26-7-6-16(15-4-2-1-3-5-15)8-21(26)25(24,13-29)23(30)37-26/h1-5,9-10,16,21-22,30H,6-8,14H2. The van der Waals surface area contributed by atoms with Crippen molar-refractivity contribution >= 4 is 11.6 Å². The van der Waals surface area contributed by atoms with Crippen molar-refractivity contribution < 1.29 is 23.9 Å². The molecule has 0 amide bonds. The normalized spacial score (nSPS) is 32.2. The number of benzene rings is 2. The summed E-state index contributed by atoms with van der Waals surface area (Å²) in [6.45, 7) is -0.147. The fourth-order valence-corrected chi connectivity index (χ4v) is 6.46. The largest absolute Gasteiger partial charge is 0.454 e. The van der Waals surface area contributed by atoms with Gasteiger partial charge in [0.25, 0.3) is 5.69 Å². The predicted octanol–water partition coefficient (Wildman–Crippen LogP) is 4.23. The molecule has 3 heterocycles. The lowest BCUT2D eigenvalue weighted by molar-refractivity contribution is -0.387. The Bertz CT molecular complexity index is 1460. The number of nitro groups is 1. The van der Waals surface area contributed by atoms with Crippen LogP contribution >= 0.6 is 0 Å². The van der Waals surface area contributed by atoms with Crippen molar-refractivity contribution in [3.63, 3.8) is 0 Å². The Morgan fingerprint density at radius 2 is 1.76 bits per heavy atom. The Hall–Kier alpha value is -4.66. The van der Waals surface area contributed by atoms with Gasteiger partial charge in [0, 0.05) is 6.42 Å². The number of nitrogens with zero attached hydrogens (tertiary/aromatic N) is 4. The van der Waals surface area contributed by atoms with Crippen LogP contribution in [-0.4, -0.2) is 23.4 Å². The molecule has 5 unspecified atom stereocenters. The van der Waals surface area contributed by atoms with Crippen LogP contribution in [0.5, 0.6) is 11.5 Å². The van der Waals surface area contributed by atoms with E-state index in [1.165, 1.54) is 6.07 Å². The molecule has 6 rings (SSSR count). The van der Waals surface area contributed by atoms with Crippen LogP contribution in [0.1, 0.15) is 42.4 Å². The number of nitrogens with one attached hydrogen (secondary N) is 1. The molecule has 3 aliphatic heterocycles. The summed E-state index contributed by atoms with van der Waals surface area (Å²) < 4.78 is 23.1. The molecule has 11 nitrogen and oxygen atoms in total. The van der Waals surface area contributed by atoms with Crippen LogP contribution < -0.4 is 9.47 Å². The van der Waals surface area contributed by atoms with E-state index >= 15 is 0 Å². The zero-order valence-corrected chi connectivity index (χ0v) is 19.3. The van der Waals surface area contributed by atoms with Gasteiger partial charge in [0.05, 0.1) is 40.7 Å². The quantitative estimate of drug-likeness (QED) is 0.480. The second-order valence-electron chi connectivity index (χ2n) is 9.65. The van der Waals surface area contributed by atoms with E-state index < -0.39 is 45.1 Å². The van der Waals surface area contributed by atoms with Crippen LogP contribution in [0.15, 0.2) is 42.5 Å². The third-order valence-electron chi connectivity index (χ3n) is 8.18. The van der Waals surface area contributed by atoms with Crippen molar-refractivity contribution in [1.82, 2.24) is 0 Å². The summed E-state index contributed by atoms with van der Waals surface area (Å²) in [6.07, 6.45) is -0.368. The van der Waals surface area contributed by atoms with Gasteiger partial charge >= 0.3 is 0 Å². The van der Waals surface area contributed by atoms with Gasteiger partial charge in [-0.3, -0.25) is 15.5 Å². The first-order valence-corrected chi connectivity index (χ1v) is 11.7. The summed E-state index contributed by atoms with van der Waals surface area (Å²) >= 11 is 0. The second-order valence-corrected chi connectivity index (χ2v) is 9.65. The van der Waals surface area contributed by atoms with Crippen molar-refractivity contribution in [3.8, 4) is 29.7 Å². The monoisotopic (exact) mass is 497 g/mol. The molecule has 1 saturated carbocycles. The van der Waals surface area contributed by atoms with Gasteiger partial charge in [-0.05, 0) is 30.4 Å². The third kappa shape index (κ3) is 2.73. The average Bonchev–Trinajstić information content (AvgIpc) is 3.46. The van der Waals surface area contributed by atoms with E-state index in [2.05, 4.69) is 6.07 Å². The van der Waals surface area contributed by atoms with Gasteiger partial charge in [0.1, 0.15) is 6.10 Å². The summed E-state index contributed by atoms with van der Waals surface area (Å²) in [5.41, 5.74) is -3.86. The van der Waals surface area contributed by atoms with E-state index in [0.717, 1.165) is 11.6 Å². The Morgan fingerprint density at radius 1 is 1.05 bits per heavy atom. The van der Waals surface area contributed by atoms with Crippen molar-refractivity contribution in [2.75, 3.05) is 6.79 Å². The van der Waals surface area contributed by atoms with E-state index in [9.17, 15) is 25.9 Å². The summed E-state index contributed by atoms with van der Waals surface area (Å²) in [4.78, 5) is 11.4. The van der Waals surface area contributed by atoms with E-state index in [1.807, 2.05) is 42.5 Å². The lowest BCUT2D eigenvalue weighted by Gasteiger charge is -2.52. The number of hydrogen-bond donors (Lipinski definition) is 1. The molecule has 184 valence electrons. The zero-order valence-electron chi connectivity index (χ0n) is 19.3. The first-order chi connectivity index (χ1) is 17.9. The maximum Gasteiger partial charge on any atom is 0.279 e. The fraction of sp³-hybridized carbons (Fsp3) is 0.385. The highest BCUT2D eigenvalue weighted by molar-refractivity contribution is 5.89. The van der Waals surface area contributed by atoms with Crippen LogP contribution in [0.3, 0.4) is 0 Å². The minimum absolute atomic E-state index is 0.0170. The molecule has 2 bridgehead atoms. The maximum absolute atomic E-state index is 12.1. The van der Waals surface area contributed by atoms with Crippen LogP contribution in [0.25, 0.3) is 0 Å². The SMILES string of the molecule is N#CC1(C#N)C(c2cc3c(cc2[N+](=O)[O-])OCO3)OC23CCC(c4ccccc4)CC2C1(C#N)C(=N)O3. The number of fused-ring (bicyclic) bond motifs is 1. The van der Waals surface area contributed by atoms with Gasteiger partial charge in [0.15, 0.2) is 16.9 Å². The van der Waals surface area contributed by atoms with Gasteiger partial charge in [-0.2, -0.15) is 15.8 Å². The molecule has 1 N–H and O–H groups in total. The van der Waals surface area contributed by atoms with Crippen molar-refractivity contribution in [2.45, 2.75) is 37.1 Å². The number of rotatable bonds is 3. The highest BCUT2D eigenvalue weighted by Gasteiger charge is 2.81. The van der Waals surface area contributed by atoms with E-state index in [-0.39, 0.29) is 36.2 Å². The number of ether oxygens (including phenoxy) is 4. The molecule has 2 aromatic carbocycles. The lowest BCUT2D eigenvalue weighted by atomic mass is 9.50. The highest BCUT2D eigenvalue weighted by Crippen LogP contribution is 2.71. The first kappa shape index (κ1) is 22.8. The van der Waals surface area contributed by atoms with Gasteiger partial charge in [-0.15, -0.1) is 0 Å². The molecule has 2 aromatic rings. The maximum atomic E-state index is 12.1. The first-order valence-electron chi connectivity index (χ1n) is 11.7. The van der Waals surface area contributed by atoms with E-state index in [0.29, 0.717) is 12.8 Å². The van der Waals surface area contributed by atoms with Gasteiger partial charge in [-0.25, -0.2) is 0 Å². The van der Waals surface area contributed by atoms with Gasteiger partial charge in [0.2, 0.25) is 23.9 Å². The molecule has 0 aromatic heterocycles. The summed E-state index contributed by atoms with van der Waals surface area (Å²) in [5, 5.41) is 52.5. The van der Waals surface area contributed by atoms with Crippen LogP contribution in [0, 0.1) is 66.3 Å². The molecule has 37 heavy (non-hydrogen) atoms. The van der Waals surface area contributed by atoms with Gasteiger partial charge < -0.3 is 18.9 Å². The molecular formula is C26H19N5O6. The molecular weight excluding hydrogens is 478 g/mol. The van der Waals surface area contributed by atoms with E-state index in [4.69, 9.17) is 24.4 Å². The third-order valence-corrected chi connectivity index (χ3v) is 8.18. The molecule has 4 aliphatic rings. The molecule has 1 aliphatic carbocycles. The minimum Gasteiger partial charge on any atom is -0.454 e. The highest BCUT2D eigenvalue weighted by atomic mass is 16.7. The molecule has 0 radical (unpaired) electrons. The lowest BCUT2D eigenvalue weighted by Crippen LogP contribution is -2.60. The van der Waals surface area contributed by atoms with Crippen molar-refractivity contribution in [1.29, 1.82) is 21.2 Å². The number of nitriles is 3. The second kappa shape index (κ2) is 7.67. The summed E-state index contributed by atoms with van der Waals surface area (Å²) in [5.74, 6) is -2.52. The Morgan fingerprint density at radius 3 is 2.41 bits per heavy atom. The molecule has 11 heteroatoms. The predicted molar refractivity (Wildman–Crippen MR) is 123 cm³/mol. The summed E-state index contributed by atoms with van der Waals surface area (Å²) in [7, 11) is 0. The average molecular weight is 497 g/mol. The Balaban J connectivity index is 1.55. The van der Waals surface area contributed by atoms with Crippen LogP contribution in [-0.2, 0) is 9.47 Å². The molecule has 0 spiro atoms. The topological polar surface area (TPSA) is 175 Å². The molecule has 3 fully saturated rings. The number of nitro benzene ring substituents is 1. The van der Waals surface area contributed by atoms with Crippen molar-refractivity contribution in [2.24, 2.45) is 16.7 Å². The number of hydrogen-bond acceptors (Lipinski definition) is 10. The van der Waals surface area contributed by atoms with Crippen LogP contribution in [0.2, 0.25) is 0 Å². The zero-order chi connectivity index (χ0) is 26.0. The van der Waals surface area contributed by atoms with E-state index in [1.54, 1.807) is 0 Å². The Kier molecular flexibility index (Phi) is 4.72. The summed E-state index contributed by atoms with van der Waals surface area (Å²) in [6, 6.07) is 18.2. The van der Waals surface area contributed by atoms with Crippen molar-refractivity contribution in [3.05, 3.63) is 63.7 Å². The molecule has 2 saturated heterocycles. The fourth-order valence-electron chi connectivity index (χ4n) is 6.46. The van der Waals surface area contributed by atoms with Gasteiger partial charge in [-0.1, -0.05) is 30.3 Å².